The molecule has 162 valence electrons. The summed E-state index contributed by atoms with van der Waals surface area (Å²) in [7, 11) is -3.41. The maximum Gasteiger partial charge on any atom is 0.326 e. The number of amides is 1. The molecule has 3 rings (SSSR count). The number of thiazole rings is 1. The normalized spacial score (nSPS) is 12.5. The number of benzene rings is 2. The summed E-state index contributed by atoms with van der Waals surface area (Å²) in [5.41, 5.74) is 1.24. The zero-order valence-corrected chi connectivity index (χ0v) is 19.1. The molecule has 0 saturated carbocycles. The van der Waals surface area contributed by atoms with Crippen LogP contribution < -0.4 is 4.80 Å². The molecular formula is C21H19ClN2O5S2. The maximum absolute atomic E-state index is 12.4. The summed E-state index contributed by atoms with van der Waals surface area (Å²) >= 11 is 7.20. The Labute approximate surface area is 188 Å². The SMILES string of the molecule is CCOC(=O)Cn1c(=NC(=O)/C=C/c2ccccc2Cl)sc2cc(S(C)(=O)=O)ccc21. The van der Waals surface area contributed by atoms with E-state index >= 15 is 0 Å². The van der Waals surface area contributed by atoms with Crippen LogP contribution in [0.4, 0.5) is 0 Å². The first-order valence-electron chi connectivity index (χ1n) is 9.19. The highest BCUT2D eigenvalue weighted by molar-refractivity contribution is 7.90. The molecule has 0 spiro atoms. The van der Waals surface area contributed by atoms with E-state index in [1.807, 2.05) is 0 Å². The van der Waals surface area contributed by atoms with Crippen molar-refractivity contribution in [2.75, 3.05) is 12.9 Å². The minimum absolute atomic E-state index is 0.140. The van der Waals surface area contributed by atoms with Crippen molar-refractivity contribution in [3.05, 3.63) is 63.9 Å². The molecule has 0 aliphatic rings. The number of nitrogens with zero attached hydrogens (tertiary/aromatic N) is 2. The number of ether oxygens (including phenoxy) is 1. The maximum atomic E-state index is 12.4. The second kappa shape index (κ2) is 9.59. The smallest absolute Gasteiger partial charge is 0.326 e. The van der Waals surface area contributed by atoms with E-state index in [1.54, 1.807) is 43.3 Å². The topological polar surface area (TPSA) is 94.8 Å². The fourth-order valence-corrected chi connectivity index (χ4v) is 4.76. The second-order valence-corrected chi connectivity index (χ2v) is 9.91. The number of hydrogen-bond acceptors (Lipinski definition) is 6. The lowest BCUT2D eigenvalue weighted by Gasteiger charge is -2.05. The lowest BCUT2D eigenvalue weighted by Crippen LogP contribution is -2.22. The van der Waals surface area contributed by atoms with E-state index < -0.39 is 21.7 Å². The zero-order chi connectivity index (χ0) is 22.6. The molecule has 1 aromatic heterocycles. The van der Waals surface area contributed by atoms with Crippen molar-refractivity contribution in [2.24, 2.45) is 4.99 Å². The molecule has 1 amide bonds. The summed E-state index contributed by atoms with van der Waals surface area (Å²) in [6, 6.07) is 11.6. The van der Waals surface area contributed by atoms with Crippen LogP contribution in [0, 0.1) is 0 Å². The third-order valence-corrected chi connectivity index (χ3v) is 6.69. The molecule has 7 nitrogen and oxygen atoms in total. The van der Waals surface area contributed by atoms with Crippen LogP contribution in [0.25, 0.3) is 16.3 Å². The monoisotopic (exact) mass is 478 g/mol. The number of esters is 1. The highest BCUT2D eigenvalue weighted by atomic mass is 35.5. The van der Waals surface area contributed by atoms with Crippen LogP contribution in [0.3, 0.4) is 0 Å². The molecule has 0 radical (unpaired) electrons. The van der Waals surface area contributed by atoms with Gasteiger partial charge in [-0.2, -0.15) is 4.99 Å². The van der Waals surface area contributed by atoms with Crippen molar-refractivity contribution >= 4 is 60.9 Å². The second-order valence-electron chi connectivity index (χ2n) is 6.48. The average Bonchev–Trinajstić information content (AvgIpc) is 3.03. The molecule has 0 fully saturated rings. The van der Waals surface area contributed by atoms with Gasteiger partial charge in [-0.1, -0.05) is 41.1 Å². The van der Waals surface area contributed by atoms with Gasteiger partial charge in [-0.3, -0.25) is 9.59 Å². The third kappa shape index (κ3) is 5.69. The summed E-state index contributed by atoms with van der Waals surface area (Å²) < 4.78 is 30.9. The fourth-order valence-electron chi connectivity index (χ4n) is 2.76. The Morgan fingerprint density at radius 1 is 1.23 bits per heavy atom. The van der Waals surface area contributed by atoms with E-state index in [4.69, 9.17) is 16.3 Å². The molecule has 31 heavy (non-hydrogen) atoms. The summed E-state index contributed by atoms with van der Waals surface area (Å²) in [5, 5.41) is 0.499. The lowest BCUT2D eigenvalue weighted by molar-refractivity contribution is -0.143. The van der Waals surface area contributed by atoms with Crippen molar-refractivity contribution in [3.63, 3.8) is 0 Å². The van der Waals surface area contributed by atoms with Gasteiger partial charge in [-0.25, -0.2) is 8.42 Å². The zero-order valence-electron chi connectivity index (χ0n) is 16.7. The van der Waals surface area contributed by atoms with Gasteiger partial charge in [0.2, 0.25) is 0 Å². The largest absolute Gasteiger partial charge is 0.465 e. The number of sulfone groups is 1. The standard InChI is InChI=1S/C21H19ClN2O5S2/c1-3-29-20(26)13-24-17-10-9-15(31(2,27)28)12-18(17)30-21(24)23-19(25)11-8-14-6-4-5-7-16(14)22/h4-12H,3,13H2,1-2H3/b11-8+,23-21?. The molecule has 3 aromatic rings. The molecule has 10 heteroatoms. The summed E-state index contributed by atoms with van der Waals surface area (Å²) in [4.78, 5) is 29.0. The average molecular weight is 479 g/mol. The van der Waals surface area contributed by atoms with Gasteiger partial charge in [0.05, 0.1) is 21.7 Å². The van der Waals surface area contributed by atoms with E-state index in [0.717, 1.165) is 17.6 Å². The van der Waals surface area contributed by atoms with Crippen molar-refractivity contribution in [2.45, 2.75) is 18.4 Å². The Kier molecular flexibility index (Phi) is 7.09. The Morgan fingerprint density at radius 3 is 2.65 bits per heavy atom. The van der Waals surface area contributed by atoms with Crippen LogP contribution in [0.15, 0.2) is 58.4 Å². The molecule has 0 atom stereocenters. The molecule has 2 aromatic carbocycles. The summed E-state index contributed by atoms with van der Waals surface area (Å²) in [6.07, 6.45) is 3.95. The molecular weight excluding hydrogens is 460 g/mol. The fraction of sp³-hybridized carbons (Fsp3) is 0.190. The molecule has 0 bridgehead atoms. The molecule has 0 N–H and O–H groups in total. The number of hydrogen-bond donors (Lipinski definition) is 0. The summed E-state index contributed by atoms with van der Waals surface area (Å²) in [5.74, 6) is -1.04. The first-order chi connectivity index (χ1) is 14.7. The van der Waals surface area contributed by atoms with E-state index in [9.17, 15) is 18.0 Å². The number of carbonyl (C=O) groups excluding carboxylic acids is 2. The molecule has 0 aliphatic heterocycles. The Balaban J connectivity index is 2.06. The van der Waals surface area contributed by atoms with Gasteiger partial charge >= 0.3 is 5.97 Å². The van der Waals surface area contributed by atoms with Gasteiger partial charge in [-0.15, -0.1) is 0 Å². The molecule has 0 aliphatic carbocycles. The predicted molar refractivity (Wildman–Crippen MR) is 121 cm³/mol. The first-order valence-corrected chi connectivity index (χ1v) is 12.3. The van der Waals surface area contributed by atoms with Gasteiger partial charge in [0.1, 0.15) is 6.54 Å². The van der Waals surface area contributed by atoms with E-state index in [2.05, 4.69) is 4.99 Å². The predicted octanol–water partition coefficient (Wildman–Crippen LogP) is 3.46. The number of fused-ring (bicyclic) bond motifs is 1. The van der Waals surface area contributed by atoms with Crippen LogP contribution in [-0.4, -0.2) is 37.7 Å². The Morgan fingerprint density at radius 2 is 1.97 bits per heavy atom. The highest BCUT2D eigenvalue weighted by Gasteiger charge is 2.15. The molecule has 0 unspecified atom stereocenters. The lowest BCUT2D eigenvalue weighted by atomic mass is 10.2. The van der Waals surface area contributed by atoms with Crippen molar-refractivity contribution in [3.8, 4) is 0 Å². The Bertz CT molecular complexity index is 1350. The van der Waals surface area contributed by atoms with Gasteiger partial charge in [0.15, 0.2) is 14.6 Å². The molecule has 1 heterocycles. The van der Waals surface area contributed by atoms with E-state index in [1.165, 1.54) is 22.8 Å². The molecule has 0 saturated heterocycles. The minimum atomic E-state index is -3.41. The van der Waals surface area contributed by atoms with Gasteiger partial charge in [0, 0.05) is 17.4 Å². The number of halogens is 1. The van der Waals surface area contributed by atoms with E-state index in [0.29, 0.717) is 20.8 Å². The highest BCUT2D eigenvalue weighted by Crippen LogP contribution is 2.22. The van der Waals surface area contributed by atoms with Crippen molar-refractivity contribution in [1.29, 1.82) is 0 Å². The minimum Gasteiger partial charge on any atom is -0.465 e. The quantitative estimate of drug-likeness (QED) is 0.399. The number of aromatic nitrogens is 1. The van der Waals surface area contributed by atoms with Crippen LogP contribution in [0.2, 0.25) is 5.02 Å². The van der Waals surface area contributed by atoms with Gasteiger partial charge in [-0.05, 0) is 42.8 Å². The van der Waals surface area contributed by atoms with Crippen LogP contribution in [0.5, 0.6) is 0 Å². The van der Waals surface area contributed by atoms with Gasteiger partial charge < -0.3 is 9.30 Å². The van der Waals surface area contributed by atoms with Crippen LogP contribution in [-0.2, 0) is 30.7 Å². The Hall–Kier alpha value is -2.75. The van der Waals surface area contributed by atoms with Crippen molar-refractivity contribution in [1.82, 2.24) is 4.57 Å². The third-order valence-electron chi connectivity index (χ3n) is 4.19. The van der Waals surface area contributed by atoms with E-state index in [-0.39, 0.29) is 22.8 Å². The summed E-state index contributed by atoms with van der Waals surface area (Å²) in [6.45, 7) is 1.75. The van der Waals surface area contributed by atoms with Crippen LogP contribution >= 0.6 is 22.9 Å². The van der Waals surface area contributed by atoms with Crippen LogP contribution in [0.1, 0.15) is 12.5 Å². The van der Waals surface area contributed by atoms with Gasteiger partial charge in [0.25, 0.3) is 5.91 Å². The first kappa shape index (κ1) is 22.9. The van der Waals surface area contributed by atoms with Crippen molar-refractivity contribution < 1.29 is 22.7 Å². The number of rotatable bonds is 6. The number of carbonyl (C=O) groups is 2.